The summed E-state index contributed by atoms with van der Waals surface area (Å²) in [7, 11) is 0. The first-order valence-corrected chi connectivity index (χ1v) is 4.88. The first-order chi connectivity index (χ1) is 6.57. The van der Waals surface area contributed by atoms with Gasteiger partial charge >= 0.3 is 0 Å². The van der Waals surface area contributed by atoms with E-state index in [9.17, 15) is 5.11 Å². The van der Waals surface area contributed by atoms with Crippen molar-refractivity contribution in [2.24, 2.45) is 0 Å². The van der Waals surface area contributed by atoms with Crippen LogP contribution in [0.5, 0.6) is 0 Å². The van der Waals surface area contributed by atoms with Gasteiger partial charge in [-0.25, -0.2) is 0 Å². The SMILES string of the molecule is CC1(C)OC2C3COC(O3)[C@@H](O)[C@H]2O1. The van der Waals surface area contributed by atoms with E-state index in [1.807, 2.05) is 13.8 Å². The van der Waals surface area contributed by atoms with Crippen LogP contribution in [0.25, 0.3) is 0 Å². The van der Waals surface area contributed by atoms with Crippen molar-refractivity contribution < 1.29 is 24.1 Å². The Bertz CT molecular complexity index is 246. The fourth-order valence-corrected chi connectivity index (χ4v) is 2.32. The van der Waals surface area contributed by atoms with Gasteiger partial charge < -0.3 is 24.1 Å². The summed E-state index contributed by atoms with van der Waals surface area (Å²) >= 11 is 0. The Morgan fingerprint density at radius 1 is 1.21 bits per heavy atom. The molecule has 5 heteroatoms. The molecule has 14 heavy (non-hydrogen) atoms. The number of hydrogen-bond donors (Lipinski definition) is 1. The predicted octanol–water partition coefficient (Wildman–Crippen LogP) is -0.378. The third-order valence-electron chi connectivity index (χ3n) is 2.88. The van der Waals surface area contributed by atoms with Crippen LogP contribution in [0.4, 0.5) is 0 Å². The number of fused-ring (bicyclic) bond motifs is 4. The maximum atomic E-state index is 9.84. The van der Waals surface area contributed by atoms with Gasteiger partial charge in [0.15, 0.2) is 12.1 Å². The molecule has 80 valence electrons. The Hall–Kier alpha value is -0.200. The maximum Gasteiger partial charge on any atom is 0.186 e. The predicted molar refractivity (Wildman–Crippen MR) is 44.4 cm³/mol. The van der Waals surface area contributed by atoms with E-state index in [0.29, 0.717) is 6.61 Å². The van der Waals surface area contributed by atoms with Crippen molar-refractivity contribution in [3.63, 3.8) is 0 Å². The minimum Gasteiger partial charge on any atom is -0.385 e. The average Bonchev–Trinajstić information content (AvgIpc) is 2.64. The highest BCUT2D eigenvalue weighted by molar-refractivity contribution is 4.99. The summed E-state index contributed by atoms with van der Waals surface area (Å²) in [5.41, 5.74) is 0. The molecule has 0 aromatic heterocycles. The van der Waals surface area contributed by atoms with Crippen LogP contribution in [0.15, 0.2) is 0 Å². The standard InChI is InChI=1S/C9H14O5/c1-9(2)13-6-4-3-11-8(12-4)5(10)7(6)14-9/h4-8,10H,3H2,1-2H3/t4?,5-,6?,7+,8?/m0/s1. The summed E-state index contributed by atoms with van der Waals surface area (Å²) in [4.78, 5) is 0. The van der Waals surface area contributed by atoms with Gasteiger partial charge in [0.2, 0.25) is 0 Å². The molecule has 0 aromatic rings. The maximum absolute atomic E-state index is 9.84. The first-order valence-electron chi connectivity index (χ1n) is 4.88. The molecule has 3 heterocycles. The number of aliphatic hydroxyl groups excluding tert-OH is 1. The van der Waals surface area contributed by atoms with Crippen molar-refractivity contribution in [3.8, 4) is 0 Å². The molecule has 3 saturated heterocycles. The molecular weight excluding hydrogens is 188 g/mol. The van der Waals surface area contributed by atoms with Gasteiger partial charge in [-0.3, -0.25) is 0 Å². The third-order valence-corrected chi connectivity index (χ3v) is 2.88. The van der Waals surface area contributed by atoms with Crippen molar-refractivity contribution in [2.75, 3.05) is 6.61 Å². The molecule has 5 atom stereocenters. The van der Waals surface area contributed by atoms with Gasteiger partial charge in [0.25, 0.3) is 0 Å². The quantitative estimate of drug-likeness (QED) is 0.580. The number of aliphatic hydroxyl groups is 1. The van der Waals surface area contributed by atoms with Crippen molar-refractivity contribution in [1.82, 2.24) is 0 Å². The Labute approximate surface area is 81.9 Å². The molecule has 0 aliphatic carbocycles. The smallest absolute Gasteiger partial charge is 0.186 e. The average molecular weight is 202 g/mol. The van der Waals surface area contributed by atoms with Crippen LogP contribution in [-0.4, -0.2) is 48.2 Å². The monoisotopic (exact) mass is 202 g/mol. The highest BCUT2D eigenvalue weighted by Crippen LogP contribution is 2.40. The zero-order valence-corrected chi connectivity index (χ0v) is 8.17. The van der Waals surface area contributed by atoms with Crippen molar-refractivity contribution >= 4 is 0 Å². The molecule has 0 saturated carbocycles. The van der Waals surface area contributed by atoms with E-state index in [-0.39, 0.29) is 18.3 Å². The number of rotatable bonds is 0. The Balaban J connectivity index is 1.88. The fourth-order valence-electron chi connectivity index (χ4n) is 2.32. The second-order valence-corrected chi connectivity index (χ2v) is 4.43. The summed E-state index contributed by atoms with van der Waals surface area (Å²) in [6.07, 6.45) is -1.93. The summed E-state index contributed by atoms with van der Waals surface area (Å²) in [6.45, 7) is 4.15. The summed E-state index contributed by atoms with van der Waals surface area (Å²) in [5.74, 6) is -0.635. The molecule has 3 fully saturated rings. The normalized spacial score (nSPS) is 54.6. The van der Waals surface area contributed by atoms with Gasteiger partial charge in [0.1, 0.15) is 24.4 Å². The summed E-state index contributed by atoms with van der Waals surface area (Å²) in [6, 6.07) is 0. The molecule has 3 aliphatic rings. The Morgan fingerprint density at radius 3 is 2.71 bits per heavy atom. The third kappa shape index (κ3) is 1.14. The molecule has 3 rings (SSSR count). The fraction of sp³-hybridized carbons (Fsp3) is 1.00. The number of hydrogen-bond acceptors (Lipinski definition) is 5. The molecule has 3 unspecified atom stereocenters. The van der Waals surface area contributed by atoms with Crippen LogP contribution in [0.1, 0.15) is 13.8 Å². The van der Waals surface area contributed by atoms with Crippen LogP contribution in [0.2, 0.25) is 0 Å². The highest BCUT2D eigenvalue weighted by atomic mass is 16.8. The molecule has 0 amide bonds. The molecule has 1 N–H and O–H groups in total. The molecule has 5 nitrogen and oxygen atoms in total. The van der Waals surface area contributed by atoms with Crippen LogP contribution in [-0.2, 0) is 18.9 Å². The largest absolute Gasteiger partial charge is 0.385 e. The minimum atomic E-state index is -0.750. The molecule has 2 bridgehead atoms. The van der Waals surface area contributed by atoms with Gasteiger partial charge in [-0.1, -0.05) is 0 Å². The van der Waals surface area contributed by atoms with Gasteiger partial charge in [-0.2, -0.15) is 0 Å². The van der Waals surface area contributed by atoms with Crippen LogP contribution in [0.3, 0.4) is 0 Å². The van der Waals surface area contributed by atoms with E-state index >= 15 is 0 Å². The van der Waals surface area contributed by atoms with Gasteiger partial charge in [-0.05, 0) is 13.8 Å². The Kier molecular flexibility index (Phi) is 1.73. The topological polar surface area (TPSA) is 57.2 Å². The summed E-state index contributed by atoms with van der Waals surface area (Å²) in [5, 5.41) is 9.84. The van der Waals surface area contributed by atoms with Crippen LogP contribution < -0.4 is 0 Å². The van der Waals surface area contributed by atoms with E-state index in [4.69, 9.17) is 18.9 Å². The van der Waals surface area contributed by atoms with Gasteiger partial charge in [0, 0.05) is 0 Å². The molecule has 0 radical (unpaired) electrons. The van der Waals surface area contributed by atoms with Crippen molar-refractivity contribution in [2.45, 2.75) is 50.3 Å². The van der Waals surface area contributed by atoms with Crippen molar-refractivity contribution in [1.29, 1.82) is 0 Å². The molecular formula is C9H14O5. The second kappa shape index (κ2) is 2.68. The van der Waals surface area contributed by atoms with Crippen molar-refractivity contribution in [3.05, 3.63) is 0 Å². The Morgan fingerprint density at radius 2 is 1.93 bits per heavy atom. The van der Waals surface area contributed by atoms with E-state index in [1.165, 1.54) is 0 Å². The molecule has 0 spiro atoms. The van der Waals surface area contributed by atoms with E-state index in [2.05, 4.69) is 0 Å². The van der Waals surface area contributed by atoms with E-state index in [0.717, 1.165) is 0 Å². The molecule has 3 aliphatic heterocycles. The highest BCUT2D eigenvalue weighted by Gasteiger charge is 2.57. The zero-order valence-electron chi connectivity index (χ0n) is 8.17. The lowest BCUT2D eigenvalue weighted by atomic mass is 10.0. The minimum absolute atomic E-state index is 0.102. The second-order valence-electron chi connectivity index (χ2n) is 4.43. The zero-order chi connectivity index (χ0) is 9.92. The van der Waals surface area contributed by atoms with Gasteiger partial charge in [-0.15, -0.1) is 0 Å². The lowest BCUT2D eigenvalue weighted by Gasteiger charge is -2.31. The lowest BCUT2D eigenvalue weighted by Crippen LogP contribution is -2.52. The van der Waals surface area contributed by atoms with Crippen LogP contribution in [0, 0.1) is 0 Å². The summed E-state index contributed by atoms with van der Waals surface area (Å²) < 4.78 is 22.0. The van der Waals surface area contributed by atoms with E-state index in [1.54, 1.807) is 0 Å². The van der Waals surface area contributed by atoms with E-state index < -0.39 is 18.2 Å². The lowest BCUT2D eigenvalue weighted by molar-refractivity contribution is -0.204. The first kappa shape index (κ1) is 9.06. The molecule has 0 aromatic carbocycles. The number of ether oxygens (including phenoxy) is 4. The van der Waals surface area contributed by atoms with Gasteiger partial charge in [0.05, 0.1) is 6.61 Å². The van der Waals surface area contributed by atoms with Crippen LogP contribution >= 0.6 is 0 Å².